The fourth-order valence-electron chi connectivity index (χ4n) is 5.17. The Morgan fingerprint density at radius 2 is 1.82 bits per heavy atom. The van der Waals surface area contributed by atoms with E-state index in [0.717, 1.165) is 42.1 Å². The molecule has 1 N–H and O–H groups in total. The van der Waals surface area contributed by atoms with E-state index in [0.29, 0.717) is 0 Å². The van der Waals surface area contributed by atoms with Crippen molar-refractivity contribution < 1.29 is 14.3 Å². The largest absolute Gasteiger partial charge is 0.497 e. The van der Waals surface area contributed by atoms with Crippen molar-refractivity contribution in [1.29, 1.82) is 0 Å². The smallest absolute Gasteiger partial charge is 0.407 e. The van der Waals surface area contributed by atoms with E-state index in [-0.39, 0.29) is 6.61 Å². The zero-order valence-electron chi connectivity index (χ0n) is 19.6. The summed E-state index contributed by atoms with van der Waals surface area (Å²) in [5, 5.41) is 2.54. The molecule has 0 aliphatic carbocycles. The first-order chi connectivity index (χ1) is 16.1. The first-order valence-electron chi connectivity index (χ1n) is 11.7. The Balaban J connectivity index is 1.59. The van der Waals surface area contributed by atoms with Gasteiger partial charge >= 0.3 is 6.09 Å². The first-order valence-corrected chi connectivity index (χ1v) is 11.7. The maximum absolute atomic E-state index is 11.8. The molecule has 0 atom stereocenters. The molecule has 2 aliphatic rings. The maximum Gasteiger partial charge on any atom is 0.407 e. The van der Waals surface area contributed by atoms with E-state index in [1.54, 1.807) is 14.2 Å². The van der Waals surface area contributed by atoms with Crippen LogP contribution in [0.2, 0.25) is 0 Å². The minimum Gasteiger partial charge on any atom is -0.497 e. The number of nitrogens with zero attached hydrogens (tertiary/aromatic N) is 2. The Morgan fingerprint density at radius 3 is 2.52 bits per heavy atom. The topological polar surface area (TPSA) is 55.7 Å². The van der Waals surface area contributed by atoms with Gasteiger partial charge in [0, 0.05) is 49.2 Å². The van der Waals surface area contributed by atoms with E-state index < -0.39 is 6.09 Å². The third-order valence-corrected chi connectivity index (χ3v) is 6.96. The standard InChI is InChI=1S/C27H31N3O3/c1-18-23(17-33-27(31)28-2)26(19-7-10-22(32-3)11-8-19)30-24-12-9-21(15-20(24)16-25(18)30)29-13-5-4-6-14-29/h7-12,15H,4-6,13-14,16-17H2,1-3H3,(H,28,31). The summed E-state index contributed by atoms with van der Waals surface area (Å²) in [7, 11) is 3.25. The highest BCUT2D eigenvalue weighted by molar-refractivity contribution is 5.75. The summed E-state index contributed by atoms with van der Waals surface area (Å²) in [6, 6.07) is 15.0. The minimum atomic E-state index is -0.423. The van der Waals surface area contributed by atoms with Crippen LogP contribution >= 0.6 is 0 Å². The molecule has 1 saturated heterocycles. The van der Waals surface area contributed by atoms with Gasteiger partial charge in [0.1, 0.15) is 12.4 Å². The lowest BCUT2D eigenvalue weighted by atomic mass is 10.0. The van der Waals surface area contributed by atoms with Gasteiger partial charge in [0.05, 0.1) is 12.8 Å². The molecule has 0 saturated carbocycles. The highest BCUT2D eigenvalue weighted by Crippen LogP contribution is 2.42. The Morgan fingerprint density at radius 1 is 1.06 bits per heavy atom. The molecular formula is C27H31N3O3. The molecule has 6 heteroatoms. The molecule has 3 aromatic rings. The van der Waals surface area contributed by atoms with Crippen LogP contribution in [0, 0.1) is 6.92 Å². The van der Waals surface area contributed by atoms with Gasteiger partial charge in [-0.3, -0.25) is 0 Å². The van der Waals surface area contributed by atoms with Crippen molar-refractivity contribution in [3.8, 4) is 22.7 Å². The van der Waals surface area contributed by atoms with Crippen LogP contribution in [0.5, 0.6) is 5.75 Å². The van der Waals surface area contributed by atoms with Crippen LogP contribution in [0.1, 0.15) is 41.6 Å². The SMILES string of the molecule is CNC(=O)OCc1c(C)c2n(c1-c1ccc(OC)cc1)-c1ccc(N3CCCCC3)cc1C2. The normalized spacial score (nSPS) is 14.6. The molecule has 172 valence electrons. The first kappa shape index (κ1) is 21.4. The van der Waals surface area contributed by atoms with Crippen molar-refractivity contribution in [1.82, 2.24) is 9.88 Å². The van der Waals surface area contributed by atoms with E-state index in [1.165, 1.54) is 47.5 Å². The molecule has 0 bridgehead atoms. The summed E-state index contributed by atoms with van der Waals surface area (Å²) in [4.78, 5) is 14.3. The van der Waals surface area contributed by atoms with E-state index in [4.69, 9.17) is 9.47 Å². The summed E-state index contributed by atoms with van der Waals surface area (Å²) in [5.41, 5.74) is 9.54. The molecule has 3 heterocycles. The summed E-state index contributed by atoms with van der Waals surface area (Å²) in [6.45, 7) is 4.65. The summed E-state index contributed by atoms with van der Waals surface area (Å²) in [5.74, 6) is 0.818. The second-order valence-electron chi connectivity index (χ2n) is 8.83. The summed E-state index contributed by atoms with van der Waals surface area (Å²) in [6.07, 6.45) is 4.33. The lowest BCUT2D eigenvalue weighted by Gasteiger charge is -2.29. The number of benzene rings is 2. The number of anilines is 1. The van der Waals surface area contributed by atoms with Crippen molar-refractivity contribution in [2.24, 2.45) is 0 Å². The Labute approximate surface area is 195 Å². The molecule has 2 aliphatic heterocycles. The van der Waals surface area contributed by atoms with E-state index in [1.807, 2.05) is 12.1 Å². The fourth-order valence-corrected chi connectivity index (χ4v) is 5.17. The molecule has 0 unspecified atom stereocenters. The molecule has 5 rings (SSSR count). The highest BCUT2D eigenvalue weighted by atomic mass is 16.5. The fraction of sp³-hybridized carbons (Fsp3) is 0.370. The maximum atomic E-state index is 11.8. The number of piperidine rings is 1. The lowest BCUT2D eigenvalue weighted by molar-refractivity contribution is 0.142. The van der Waals surface area contributed by atoms with Gasteiger partial charge in [-0.15, -0.1) is 0 Å². The number of aromatic nitrogens is 1. The van der Waals surface area contributed by atoms with E-state index >= 15 is 0 Å². The van der Waals surface area contributed by atoms with Gasteiger partial charge < -0.3 is 24.3 Å². The molecular weight excluding hydrogens is 414 g/mol. The quantitative estimate of drug-likeness (QED) is 0.458. The molecule has 33 heavy (non-hydrogen) atoms. The van der Waals surface area contributed by atoms with Crippen molar-refractivity contribution in [2.75, 3.05) is 32.1 Å². The number of rotatable bonds is 5. The molecule has 0 spiro atoms. The van der Waals surface area contributed by atoms with Crippen LogP contribution < -0.4 is 15.0 Å². The van der Waals surface area contributed by atoms with Crippen LogP contribution in [0.4, 0.5) is 10.5 Å². The second-order valence-corrected chi connectivity index (χ2v) is 8.83. The van der Waals surface area contributed by atoms with Crippen molar-refractivity contribution >= 4 is 11.8 Å². The predicted octanol–water partition coefficient (Wildman–Crippen LogP) is 5.21. The number of ether oxygens (including phenoxy) is 2. The van der Waals surface area contributed by atoms with Gasteiger partial charge in [-0.1, -0.05) is 0 Å². The third kappa shape index (κ3) is 3.84. The highest BCUT2D eigenvalue weighted by Gasteiger charge is 2.29. The summed E-state index contributed by atoms with van der Waals surface area (Å²) < 4.78 is 13.2. The van der Waals surface area contributed by atoms with Crippen LogP contribution in [0.3, 0.4) is 0 Å². The van der Waals surface area contributed by atoms with Gasteiger partial charge in [-0.05, 0) is 85.3 Å². The lowest BCUT2D eigenvalue weighted by Crippen LogP contribution is -2.29. The Bertz CT molecular complexity index is 1170. The average molecular weight is 446 g/mol. The molecule has 1 fully saturated rings. The molecule has 0 radical (unpaired) electrons. The number of fused-ring (bicyclic) bond motifs is 3. The van der Waals surface area contributed by atoms with E-state index in [2.05, 4.69) is 52.0 Å². The van der Waals surface area contributed by atoms with Crippen LogP contribution in [0.25, 0.3) is 16.9 Å². The number of methoxy groups -OCH3 is 1. The van der Waals surface area contributed by atoms with Gasteiger partial charge in [-0.25, -0.2) is 4.79 Å². The molecule has 2 aromatic carbocycles. The minimum absolute atomic E-state index is 0.230. The van der Waals surface area contributed by atoms with E-state index in [9.17, 15) is 4.79 Å². The molecule has 1 amide bonds. The van der Waals surface area contributed by atoms with Crippen LogP contribution in [-0.4, -0.2) is 37.9 Å². The number of amides is 1. The zero-order chi connectivity index (χ0) is 22.9. The Hall–Kier alpha value is -3.41. The van der Waals surface area contributed by atoms with Gasteiger partial charge in [-0.2, -0.15) is 0 Å². The van der Waals surface area contributed by atoms with Gasteiger partial charge in [0.2, 0.25) is 0 Å². The zero-order valence-corrected chi connectivity index (χ0v) is 19.6. The van der Waals surface area contributed by atoms with Crippen molar-refractivity contribution in [3.63, 3.8) is 0 Å². The molecule has 6 nitrogen and oxygen atoms in total. The number of nitrogens with one attached hydrogen (secondary N) is 1. The number of carbonyl (C=O) groups excluding carboxylic acids is 1. The molecule has 1 aromatic heterocycles. The van der Waals surface area contributed by atoms with Crippen LogP contribution in [0.15, 0.2) is 42.5 Å². The number of hydrogen-bond acceptors (Lipinski definition) is 4. The number of carbonyl (C=O) groups is 1. The summed E-state index contributed by atoms with van der Waals surface area (Å²) >= 11 is 0. The number of hydrogen-bond donors (Lipinski definition) is 1. The van der Waals surface area contributed by atoms with Gasteiger partial charge in [0.25, 0.3) is 0 Å². The second kappa shape index (κ2) is 8.85. The van der Waals surface area contributed by atoms with Crippen molar-refractivity contribution in [2.45, 2.75) is 39.2 Å². The Kier molecular flexibility index (Phi) is 5.75. The average Bonchev–Trinajstić information content (AvgIpc) is 3.37. The predicted molar refractivity (Wildman–Crippen MR) is 131 cm³/mol. The van der Waals surface area contributed by atoms with Gasteiger partial charge in [0.15, 0.2) is 0 Å². The number of alkyl carbamates (subject to hydrolysis) is 1. The van der Waals surface area contributed by atoms with Crippen molar-refractivity contribution in [3.05, 3.63) is 64.8 Å². The van der Waals surface area contributed by atoms with Crippen LogP contribution in [-0.2, 0) is 17.8 Å². The monoisotopic (exact) mass is 445 g/mol. The third-order valence-electron chi connectivity index (χ3n) is 6.96.